The van der Waals surface area contributed by atoms with Crippen molar-refractivity contribution in [2.75, 3.05) is 7.11 Å². The zero-order valence-electron chi connectivity index (χ0n) is 12.2. The normalized spacial score (nSPS) is 10.2. The van der Waals surface area contributed by atoms with Gasteiger partial charge in [-0.25, -0.2) is 0 Å². The van der Waals surface area contributed by atoms with Gasteiger partial charge in [0.25, 0.3) is 5.91 Å². The fraction of sp³-hybridized carbons (Fsp3) is 0.235. The van der Waals surface area contributed by atoms with E-state index in [1.165, 1.54) is 0 Å². The van der Waals surface area contributed by atoms with Crippen LogP contribution in [0.5, 0.6) is 5.75 Å². The van der Waals surface area contributed by atoms with Gasteiger partial charge in [0, 0.05) is 18.0 Å². The lowest BCUT2D eigenvalue weighted by Gasteiger charge is -2.09. The molecule has 2 aromatic carbocycles. The molecule has 0 aliphatic rings. The standard InChI is InChI=1S/C17H18ClNO2/c1-12-6-7-15(9-16(12)21-2)17(20)19-11-14-5-3-4-13(8-14)10-18/h3-9H,10-11H2,1-2H3,(H,19,20). The molecule has 0 spiro atoms. The van der Waals surface area contributed by atoms with Crippen molar-refractivity contribution in [2.24, 2.45) is 0 Å². The molecule has 0 bridgehead atoms. The Balaban J connectivity index is 2.04. The lowest BCUT2D eigenvalue weighted by molar-refractivity contribution is 0.0950. The molecule has 0 fully saturated rings. The summed E-state index contributed by atoms with van der Waals surface area (Å²) in [5, 5.41) is 2.90. The average Bonchev–Trinajstić information content (AvgIpc) is 2.53. The quantitative estimate of drug-likeness (QED) is 0.856. The van der Waals surface area contributed by atoms with Crippen LogP contribution in [-0.2, 0) is 12.4 Å². The summed E-state index contributed by atoms with van der Waals surface area (Å²) in [5.41, 5.74) is 3.66. The van der Waals surface area contributed by atoms with Crippen LogP contribution in [0.3, 0.4) is 0 Å². The smallest absolute Gasteiger partial charge is 0.251 e. The topological polar surface area (TPSA) is 38.3 Å². The van der Waals surface area contributed by atoms with E-state index in [0.29, 0.717) is 23.7 Å². The third kappa shape index (κ3) is 3.99. The second-order valence-corrected chi connectivity index (χ2v) is 5.09. The molecule has 0 saturated heterocycles. The molecule has 0 aliphatic heterocycles. The van der Waals surface area contributed by atoms with Gasteiger partial charge in [-0.1, -0.05) is 30.3 Å². The van der Waals surface area contributed by atoms with Gasteiger partial charge < -0.3 is 10.1 Å². The third-order valence-corrected chi connectivity index (χ3v) is 3.58. The summed E-state index contributed by atoms with van der Waals surface area (Å²) < 4.78 is 5.23. The molecule has 0 unspecified atom stereocenters. The minimum absolute atomic E-state index is 0.121. The number of benzene rings is 2. The van der Waals surface area contributed by atoms with E-state index in [1.807, 2.05) is 37.3 Å². The number of alkyl halides is 1. The van der Waals surface area contributed by atoms with Crippen molar-refractivity contribution < 1.29 is 9.53 Å². The van der Waals surface area contributed by atoms with Crippen LogP contribution in [0.15, 0.2) is 42.5 Å². The molecule has 0 radical (unpaired) electrons. The van der Waals surface area contributed by atoms with Crippen LogP contribution in [0.1, 0.15) is 27.0 Å². The molecular weight excluding hydrogens is 286 g/mol. The summed E-state index contributed by atoms with van der Waals surface area (Å²) in [6.45, 7) is 2.41. The maximum atomic E-state index is 12.2. The fourth-order valence-electron chi connectivity index (χ4n) is 2.07. The number of nitrogens with one attached hydrogen (secondary N) is 1. The lowest BCUT2D eigenvalue weighted by atomic mass is 10.1. The Kier molecular flexibility index (Phi) is 5.23. The van der Waals surface area contributed by atoms with Crippen molar-refractivity contribution in [3.8, 4) is 5.75 Å². The van der Waals surface area contributed by atoms with E-state index in [-0.39, 0.29) is 5.91 Å². The highest BCUT2D eigenvalue weighted by molar-refractivity contribution is 6.17. The summed E-state index contributed by atoms with van der Waals surface area (Å²) >= 11 is 5.80. The summed E-state index contributed by atoms with van der Waals surface area (Å²) in [5.74, 6) is 1.06. The van der Waals surface area contributed by atoms with Crippen molar-refractivity contribution in [2.45, 2.75) is 19.3 Å². The minimum Gasteiger partial charge on any atom is -0.496 e. The van der Waals surface area contributed by atoms with Gasteiger partial charge in [0.05, 0.1) is 7.11 Å². The fourth-order valence-corrected chi connectivity index (χ4v) is 2.23. The number of hydrogen-bond donors (Lipinski definition) is 1. The number of carbonyl (C=O) groups excluding carboxylic acids is 1. The van der Waals surface area contributed by atoms with Crippen LogP contribution >= 0.6 is 11.6 Å². The highest BCUT2D eigenvalue weighted by Crippen LogP contribution is 2.19. The molecular formula is C17H18ClNO2. The zero-order chi connectivity index (χ0) is 15.2. The maximum absolute atomic E-state index is 12.2. The van der Waals surface area contributed by atoms with E-state index in [9.17, 15) is 4.79 Å². The highest BCUT2D eigenvalue weighted by atomic mass is 35.5. The Hall–Kier alpha value is -2.00. The Morgan fingerprint density at radius 3 is 2.67 bits per heavy atom. The molecule has 0 aromatic heterocycles. The van der Waals surface area contributed by atoms with Gasteiger partial charge in [-0.3, -0.25) is 4.79 Å². The van der Waals surface area contributed by atoms with Gasteiger partial charge in [0.1, 0.15) is 5.75 Å². The first kappa shape index (κ1) is 15.4. The van der Waals surface area contributed by atoms with Crippen molar-refractivity contribution >= 4 is 17.5 Å². The van der Waals surface area contributed by atoms with Crippen molar-refractivity contribution in [1.29, 1.82) is 0 Å². The Morgan fingerprint density at radius 1 is 1.19 bits per heavy atom. The molecule has 4 heteroatoms. The number of halogens is 1. The van der Waals surface area contributed by atoms with Crippen LogP contribution in [-0.4, -0.2) is 13.0 Å². The van der Waals surface area contributed by atoms with Crippen LogP contribution in [0.2, 0.25) is 0 Å². The predicted molar refractivity (Wildman–Crippen MR) is 84.9 cm³/mol. The van der Waals surface area contributed by atoms with Gasteiger partial charge in [-0.05, 0) is 35.7 Å². The van der Waals surface area contributed by atoms with E-state index in [0.717, 1.165) is 16.7 Å². The van der Waals surface area contributed by atoms with E-state index >= 15 is 0 Å². The molecule has 110 valence electrons. The van der Waals surface area contributed by atoms with E-state index in [2.05, 4.69) is 5.32 Å². The van der Waals surface area contributed by atoms with Crippen LogP contribution in [0, 0.1) is 6.92 Å². The SMILES string of the molecule is COc1cc(C(=O)NCc2cccc(CCl)c2)ccc1C. The number of amides is 1. The molecule has 3 nitrogen and oxygen atoms in total. The van der Waals surface area contributed by atoms with Crippen molar-refractivity contribution in [1.82, 2.24) is 5.32 Å². The third-order valence-electron chi connectivity index (χ3n) is 3.27. The molecule has 2 rings (SSSR count). The summed E-state index contributed by atoms with van der Waals surface area (Å²) in [6.07, 6.45) is 0. The second kappa shape index (κ2) is 7.14. The van der Waals surface area contributed by atoms with Crippen molar-refractivity contribution in [3.05, 3.63) is 64.7 Å². The first-order valence-corrected chi connectivity index (χ1v) is 7.24. The Morgan fingerprint density at radius 2 is 1.95 bits per heavy atom. The number of aryl methyl sites for hydroxylation is 1. The van der Waals surface area contributed by atoms with Gasteiger partial charge in [0.15, 0.2) is 0 Å². The van der Waals surface area contributed by atoms with Crippen LogP contribution in [0.25, 0.3) is 0 Å². The molecule has 0 atom stereocenters. The number of rotatable bonds is 5. The van der Waals surface area contributed by atoms with Gasteiger partial charge >= 0.3 is 0 Å². The lowest BCUT2D eigenvalue weighted by Crippen LogP contribution is -2.22. The number of methoxy groups -OCH3 is 1. The average molecular weight is 304 g/mol. The van der Waals surface area contributed by atoms with Gasteiger partial charge in [0.2, 0.25) is 0 Å². The molecule has 0 heterocycles. The number of hydrogen-bond acceptors (Lipinski definition) is 2. The summed E-state index contributed by atoms with van der Waals surface area (Å²) in [4.78, 5) is 12.2. The van der Waals surface area contributed by atoms with E-state index < -0.39 is 0 Å². The molecule has 1 N–H and O–H groups in total. The first-order chi connectivity index (χ1) is 10.1. The van der Waals surface area contributed by atoms with E-state index in [4.69, 9.17) is 16.3 Å². The highest BCUT2D eigenvalue weighted by Gasteiger charge is 2.08. The van der Waals surface area contributed by atoms with Gasteiger partial charge in [-0.15, -0.1) is 11.6 Å². The number of ether oxygens (including phenoxy) is 1. The summed E-state index contributed by atoms with van der Waals surface area (Å²) in [6, 6.07) is 13.3. The predicted octanol–water partition coefficient (Wildman–Crippen LogP) is 3.67. The molecule has 21 heavy (non-hydrogen) atoms. The van der Waals surface area contributed by atoms with Crippen LogP contribution < -0.4 is 10.1 Å². The molecule has 2 aromatic rings. The summed E-state index contributed by atoms with van der Waals surface area (Å²) in [7, 11) is 1.60. The molecule has 0 saturated carbocycles. The van der Waals surface area contributed by atoms with Gasteiger partial charge in [-0.2, -0.15) is 0 Å². The van der Waals surface area contributed by atoms with Crippen molar-refractivity contribution in [3.63, 3.8) is 0 Å². The molecule has 1 amide bonds. The first-order valence-electron chi connectivity index (χ1n) is 6.70. The Labute approximate surface area is 129 Å². The number of carbonyl (C=O) groups is 1. The molecule has 0 aliphatic carbocycles. The minimum atomic E-state index is -0.121. The monoisotopic (exact) mass is 303 g/mol. The zero-order valence-corrected chi connectivity index (χ0v) is 12.9. The Bertz CT molecular complexity index is 640. The maximum Gasteiger partial charge on any atom is 0.251 e. The van der Waals surface area contributed by atoms with Crippen LogP contribution in [0.4, 0.5) is 0 Å². The largest absolute Gasteiger partial charge is 0.496 e. The van der Waals surface area contributed by atoms with E-state index in [1.54, 1.807) is 19.2 Å². The second-order valence-electron chi connectivity index (χ2n) is 4.82.